The lowest BCUT2D eigenvalue weighted by Gasteiger charge is -2.54. The number of anilines is 1. The molecule has 1 aliphatic carbocycles. The van der Waals surface area contributed by atoms with Crippen LogP contribution in [0.25, 0.3) is 11.1 Å². The average molecular weight is 526 g/mol. The normalized spacial score (nSPS) is 18.5. The molecular weight excluding hydrogens is 498 g/mol. The molecule has 0 fully saturated rings. The maximum absolute atomic E-state index is 6.07. The van der Waals surface area contributed by atoms with Crippen molar-refractivity contribution in [3.63, 3.8) is 0 Å². The number of nitrogens with zero attached hydrogens (tertiary/aromatic N) is 3. The van der Waals surface area contributed by atoms with Gasteiger partial charge in [0.2, 0.25) is 0 Å². The summed E-state index contributed by atoms with van der Waals surface area (Å²) in [6.07, 6.45) is 13.1. The summed E-state index contributed by atoms with van der Waals surface area (Å²) in [5.74, 6) is 5.86. The van der Waals surface area contributed by atoms with Crippen LogP contribution in [0.3, 0.4) is 0 Å². The molecule has 2 aliphatic heterocycles. The molecule has 4 aromatic carbocycles. The topological polar surface area (TPSA) is 29.0 Å². The minimum Gasteiger partial charge on any atom is -0.354 e. The Kier molecular flexibility index (Phi) is 4.75. The summed E-state index contributed by atoms with van der Waals surface area (Å²) in [7, 11) is 0. The van der Waals surface area contributed by atoms with E-state index in [0.717, 1.165) is 41.2 Å². The van der Waals surface area contributed by atoms with Crippen molar-refractivity contribution in [3.8, 4) is 35.8 Å². The van der Waals surface area contributed by atoms with Crippen LogP contribution in [0, 0.1) is 38.5 Å². The molecule has 194 valence electrons. The quantitative estimate of drug-likeness (QED) is 0.228. The number of rotatable bonds is 1. The highest BCUT2D eigenvalue weighted by Crippen LogP contribution is 2.71. The molecule has 3 heteroatoms. The van der Waals surface area contributed by atoms with Crippen molar-refractivity contribution < 1.29 is 0 Å². The molecule has 41 heavy (non-hydrogen) atoms. The zero-order valence-corrected chi connectivity index (χ0v) is 23.1. The Morgan fingerprint density at radius 3 is 1.98 bits per heavy atom. The second-order valence-electron chi connectivity index (χ2n) is 11.3. The Labute approximate surface area is 240 Å². The average Bonchev–Trinajstić information content (AvgIpc) is 3.48. The van der Waals surface area contributed by atoms with Crippen LogP contribution in [0.2, 0.25) is 0 Å². The molecule has 3 nitrogen and oxygen atoms in total. The summed E-state index contributed by atoms with van der Waals surface area (Å²) in [4.78, 5) is 2.63. The summed E-state index contributed by atoms with van der Waals surface area (Å²) in [6.45, 7) is 5.04. The van der Waals surface area contributed by atoms with Crippen LogP contribution in [0.1, 0.15) is 55.9 Å². The van der Waals surface area contributed by atoms with Gasteiger partial charge in [0.15, 0.2) is 0 Å². The van der Waals surface area contributed by atoms with Crippen LogP contribution in [0.4, 0.5) is 5.69 Å². The van der Waals surface area contributed by atoms with E-state index < -0.39 is 11.0 Å². The van der Waals surface area contributed by atoms with Crippen LogP contribution in [0.15, 0.2) is 91.0 Å². The highest BCUT2D eigenvalue weighted by Gasteiger charge is 2.70. The van der Waals surface area contributed by atoms with Gasteiger partial charge in [-0.3, -0.25) is 0 Å². The third-order valence-corrected chi connectivity index (χ3v) is 9.56. The predicted octanol–water partition coefficient (Wildman–Crippen LogP) is 6.69. The lowest BCUT2D eigenvalue weighted by atomic mass is 9.55. The molecule has 5 aromatic rings. The minimum atomic E-state index is -0.685. The third kappa shape index (κ3) is 2.67. The van der Waals surface area contributed by atoms with Crippen molar-refractivity contribution in [2.75, 3.05) is 11.4 Å². The highest BCUT2D eigenvalue weighted by atomic mass is 15.3. The van der Waals surface area contributed by atoms with Gasteiger partial charge in [0.1, 0.15) is 5.54 Å². The van der Waals surface area contributed by atoms with Crippen LogP contribution >= 0.6 is 0 Å². The molecule has 0 amide bonds. The fraction of sp³-hybridized carbons (Fsp3) is 0.158. The Morgan fingerprint density at radius 1 is 0.707 bits per heavy atom. The standard InChI is InChI=1S/C38H27N3/c1-5-26-16-18-30-31-19-17-27(6-2)23-34(31)37(33(30)22-26)35-24(3)39-40-25(4)36(35)41-21-20-28-12-10-11-15-32(28)38(37,41)29-13-8-7-9-14-29/h1-2,7-19,22-23H,20-21H2,3-4H3. The van der Waals surface area contributed by atoms with Gasteiger partial charge in [0.05, 0.1) is 22.5 Å². The van der Waals surface area contributed by atoms with Gasteiger partial charge < -0.3 is 4.90 Å². The van der Waals surface area contributed by atoms with Gasteiger partial charge in [-0.25, -0.2) is 0 Å². The van der Waals surface area contributed by atoms with E-state index in [1.165, 1.54) is 44.5 Å². The van der Waals surface area contributed by atoms with Gasteiger partial charge in [0, 0.05) is 23.2 Å². The zero-order valence-electron chi connectivity index (χ0n) is 23.1. The minimum absolute atomic E-state index is 0.633. The van der Waals surface area contributed by atoms with E-state index in [1.807, 2.05) is 0 Å². The monoisotopic (exact) mass is 525 g/mol. The molecule has 3 heterocycles. The summed E-state index contributed by atoms with van der Waals surface area (Å²) < 4.78 is 0. The van der Waals surface area contributed by atoms with E-state index in [9.17, 15) is 0 Å². The van der Waals surface area contributed by atoms with Crippen molar-refractivity contribution in [1.29, 1.82) is 0 Å². The summed E-state index contributed by atoms with van der Waals surface area (Å²) in [6, 6.07) is 32.9. The first kappa shape index (κ1) is 23.7. The predicted molar refractivity (Wildman–Crippen MR) is 164 cm³/mol. The molecule has 0 saturated carbocycles. The van der Waals surface area contributed by atoms with E-state index in [2.05, 4.69) is 122 Å². The highest BCUT2D eigenvalue weighted by molar-refractivity contribution is 5.93. The molecule has 0 saturated heterocycles. The Hall–Kier alpha value is -5.12. The number of aryl methyl sites for hydroxylation is 2. The number of aromatic nitrogens is 2. The number of terminal acetylenes is 2. The Bertz CT molecular complexity index is 1940. The SMILES string of the molecule is C#Cc1ccc2c(c1)C1(c3cc(C#C)ccc3-2)c2c(C)nnc(C)c2N2CCc3ccccc3C21c1ccccc1. The fourth-order valence-corrected chi connectivity index (χ4v) is 8.25. The van der Waals surface area contributed by atoms with Crippen LogP contribution < -0.4 is 4.90 Å². The summed E-state index contributed by atoms with van der Waals surface area (Å²) >= 11 is 0. The van der Waals surface area contributed by atoms with Crippen molar-refractivity contribution >= 4 is 5.69 Å². The van der Waals surface area contributed by atoms with Gasteiger partial charge in [0.25, 0.3) is 0 Å². The molecule has 1 spiro atoms. The molecule has 1 aromatic heterocycles. The smallest absolute Gasteiger partial charge is 0.109 e. The van der Waals surface area contributed by atoms with Crippen LogP contribution in [-0.4, -0.2) is 16.7 Å². The molecule has 1 unspecified atom stereocenters. The number of fused-ring (bicyclic) bond motifs is 12. The van der Waals surface area contributed by atoms with Gasteiger partial charge in [-0.15, -0.1) is 12.8 Å². The first-order chi connectivity index (χ1) is 20.1. The van der Waals surface area contributed by atoms with Crippen molar-refractivity contribution in [2.45, 2.75) is 31.2 Å². The van der Waals surface area contributed by atoms with E-state index >= 15 is 0 Å². The summed E-state index contributed by atoms with van der Waals surface area (Å²) in [5.41, 5.74) is 13.2. The summed E-state index contributed by atoms with van der Waals surface area (Å²) in [5, 5.41) is 9.48. The zero-order chi connectivity index (χ0) is 27.9. The second kappa shape index (κ2) is 8.20. The molecule has 0 radical (unpaired) electrons. The lowest BCUT2D eigenvalue weighted by molar-refractivity contribution is 0.358. The first-order valence-electron chi connectivity index (χ1n) is 14.1. The number of hydrogen-bond acceptors (Lipinski definition) is 3. The maximum Gasteiger partial charge on any atom is 0.109 e. The largest absolute Gasteiger partial charge is 0.354 e. The first-order valence-corrected chi connectivity index (χ1v) is 14.1. The van der Waals surface area contributed by atoms with Crippen LogP contribution in [0.5, 0.6) is 0 Å². The molecule has 0 N–H and O–H groups in total. The second-order valence-corrected chi connectivity index (χ2v) is 11.3. The molecule has 0 bridgehead atoms. The van der Waals surface area contributed by atoms with E-state index in [1.54, 1.807) is 0 Å². The van der Waals surface area contributed by atoms with Crippen molar-refractivity contribution in [3.05, 3.63) is 147 Å². The van der Waals surface area contributed by atoms with E-state index in [-0.39, 0.29) is 0 Å². The van der Waals surface area contributed by atoms with Crippen LogP contribution in [-0.2, 0) is 17.4 Å². The number of hydrogen-bond donors (Lipinski definition) is 0. The van der Waals surface area contributed by atoms with Gasteiger partial charge in [-0.2, -0.15) is 10.2 Å². The van der Waals surface area contributed by atoms with Crippen molar-refractivity contribution in [2.24, 2.45) is 0 Å². The van der Waals surface area contributed by atoms with E-state index in [0.29, 0.717) is 0 Å². The van der Waals surface area contributed by atoms with Gasteiger partial charge in [-0.05, 0) is 83.5 Å². The molecule has 1 atom stereocenters. The Morgan fingerprint density at radius 2 is 1.32 bits per heavy atom. The van der Waals surface area contributed by atoms with Gasteiger partial charge >= 0.3 is 0 Å². The molecular formula is C38H27N3. The van der Waals surface area contributed by atoms with Gasteiger partial charge in [-0.1, -0.05) is 78.6 Å². The van der Waals surface area contributed by atoms with Crippen molar-refractivity contribution in [1.82, 2.24) is 10.2 Å². The maximum atomic E-state index is 6.07. The Balaban J connectivity index is 1.71. The molecule has 3 aliphatic rings. The van der Waals surface area contributed by atoms with E-state index in [4.69, 9.17) is 23.0 Å². The fourth-order valence-electron chi connectivity index (χ4n) is 8.25. The third-order valence-electron chi connectivity index (χ3n) is 9.56. The number of benzene rings is 4. The lowest BCUT2D eigenvalue weighted by Crippen LogP contribution is -2.59. The molecule has 8 rings (SSSR count).